The summed E-state index contributed by atoms with van der Waals surface area (Å²) in [7, 11) is 1.64. The van der Waals surface area contributed by atoms with Crippen LogP contribution in [0.5, 0.6) is 0 Å². The van der Waals surface area contributed by atoms with Gasteiger partial charge in [0.1, 0.15) is 17.5 Å². The highest BCUT2D eigenvalue weighted by molar-refractivity contribution is 6.30. The van der Waals surface area contributed by atoms with Gasteiger partial charge < -0.3 is 9.42 Å². The van der Waals surface area contributed by atoms with Gasteiger partial charge in [0.2, 0.25) is 5.89 Å². The number of benzene rings is 1. The van der Waals surface area contributed by atoms with Gasteiger partial charge in [0, 0.05) is 36.8 Å². The Morgan fingerprint density at radius 3 is 2.73 bits per heavy atom. The van der Waals surface area contributed by atoms with Gasteiger partial charge in [-0.2, -0.15) is 4.98 Å². The summed E-state index contributed by atoms with van der Waals surface area (Å²) in [5.41, 5.74) is 0.648. The van der Waals surface area contributed by atoms with E-state index in [1.807, 2.05) is 0 Å². The Balaban J connectivity index is 1.67. The summed E-state index contributed by atoms with van der Waals surface area (Å²) in [6.45, 7) is 4.93. The van der Waals surface area contributed by atoms with Crippen LogP contribution in [0.4, 0.5) is 10.2 Å². The molecule has 4 aromatic rings. The molecule has 0 radical (unpaired) electrons. The van der Waals surface area contributed by atoms with Crippen molar-refractivity contribution in [3.63, 3.8) is 0 Å². The van der Waals surface area contributed by atoms with E-state index in [-0.39, 0.29) is 33.1 Å². The molecular weight excluding hydrogens is 447 g/mol. The van der Waals surface area contributed by atoms with Crippen molar-refractivity contribution in [3.8, 4) is 11.3 Å². The van der Waals surface area contributed by atoms with Crippen molar-refractivity contribution in [2.45, 2.75) is 32.6 Å². The second kappa shape index (κ2) is 8.22. The number of rotatable bonds is 3. The van der Waals surface area contributed by atoms with E-state index >= 15 is 0 Å². The number of aromatic nitrogens is 5. The summed E-state index contributed by atoms with van der Waals surface area (Å²) in [5, 5.41) is 4.45. The maximum atomic E-state index is 14.9. The number of piperidine rings is 1. The lowest BCUT2D eigenvalue weighted by atomic mass is 9.97. The Labute approximate surface area is 194 Å². The van der Waals surface area contributed by atoms with Crippen molar-refractivity contribution in [1.82, 2.24) is 24.7 Å². The van der Waals surface area contributed by atoms with E-state index in [1.54, 1.807) is 39.1 Å². The molecule has 1 aliphatic heterocycles. The number of fused-ring (bicyclic) bond motifs is 1. The molecule has 0 amide bonds. The highest BCUT2D eigenvalue weighted by Crippen LogP contribution is 2.33. The third-order valence-corrected chi connectivity index (χ3v) is 6.33. The Hall–Kier alpha value is -3.33. The Morgan fingerprint density at radius 1 is 1.18 bits per heavy atom. The molecule has 4 heterocycles. The zero-order chi connectivity index (χ0) is 23.3. The summed E-state index contributed by atoms with van der Waals surface area (Å²) >= 11 is 5.96. The largest absolute Gasteiger partial charge is 0.356 e. The molecule has 3 aromatic heterocycles. The lowest BCUT2D eigenvalue weighted by molar-refractivity contribution is 0.331. The number of anilines is 1. The quantitative estimate of drug-likeness (QED) is 0.445. The number of halogens is 2. The first kappa shape index (κ1) is 21.5. The molecule has 0 unspecified atom stereocenters. The number of aryl methyl sites for hydroxylation is 2. The second-order valence-electron chi connectivity index (χ2n) is 8.34. The highest BCUT2D eigenvalue weighted by Gasteiger charge is 2.28. The molecule has 0 N–H and O–H groups in total. The van der Waals surface area contributed by atoms with E-state index in [2.05, 4.69) is 20.0 Å². The molecule has 1 aliphatic rings. The maximum Gasteiger partial charge on any atom is 0.263 e. The summed E-state index contributed by atoms with van der Waals surface area (Å²) in [4.78, 5) is 29.0. The summed E-state index contributed by atoms with van der Waals surface area (Å²) < 4.78 is 21.8. The molecule has 5 rings (SSSR count). The smallest absolute Gasteiger partial charge is 0.263 e. The number of hydrogen-bond donors (Lipinski definition) is 0. The fourth-order valence-corrected chi connectivity index (χ4v) is 4.44. The minimum Gasteiger partial charge on any atom is -0.356 e. The van der Waals surface area contributed by atoms with Gasteiger partial charge in [0.25, 0.3) is 5.56 Å². The van der Waals surface area contributed by atoms with E-state index in [4.69, 9.17) is 21.1 Å². The van der Waals surface area contributed by atoms with Crippen molar-refractivity contribution in [1.29, 1.82) is 0 Å². The predicted octanol–water partition coefficient (Wildman–Crippen LogP) is 4.17. The van der Waals surface area contributed by atoms with Crippen LogP contribution < -0.4 is 10.5 Å². The number of hydrogen-bond acceptors (Lipinski definition) is 7. The molecule has 170 valence electrons. The van der Waals surface area contributed by atoms with E-state index in [1.165, 1.54) is 10.6 Å². The van der Waals surface area contributed by atoms with Gasteiger partial charge in [-0.05, 0) is 44.9 Å². The van der Waals surface area contributed by atoms with Crippen molar-refractivity contribution < 1.29 is 8.91 Å². The highest BCUT2D eigenvalue weighted by atomic mass is 35.5. The van der Waals surface area contributed by atoms with Crippen LogP contribution in [0.25, 0.3) is 22.2 Å². The van der Waals surface area contributed by atoms with Crippen LogP contribution in [0, 0.1) is 19.7 Å². The summed E-state index contributed by atoms with van der Waals surface area (Å²) in [5.74, 6) is 1.89. The molecule has 0 bridgehead atoms. The molecule has 0 saturated carbocycles. The Morgan fingerprint density at radius 2 is 2.00 bits per heavy atom. The first-order valence-electron chi connectivity index (χ1n) is 10.7. The molecule has 0 spiro atoms. The third-order valence-electron chi connectivity index (χ3n) is 6.10. The second-order valence-corrected chi connectivity index (χ2v) is 8.77. The molecule has 1 fully saturated rings. The minimum absolute atomic E-state index is 0.0616. The van der Waals surface area contributed by atoms with Crippen molar-refractivity contribution in [3.05, 3.63) is 63.0 Å². The van der Waals surface area contributed by atoms with E-state index < -0.39 is 5.82 Å². The van der Waals surface area contributed by atoms with Gasteiger partial charge in [-0.1, -0.05) is 16.8 Å². The van der Waals surface area contributed by atoms with Gasteiger partial charge in [-0.25, -0.2) is 14.4 Å². The van der Waals surface area contributed by atoms with Gasteiger partial charge in [-0.3, -0.25) is 9.36 Å². The van der Waals surface area contributed by atoms with Crippen molar-refractivity contribution in [2.75, 3.05) is 18.0 Å². The minimum atomic E-state index is -0.547. The molecule has 1 atom stereocenters. The van der Waals surface area contributed by atoms with Gasteiger partial charge in [0.05, 0.1) is 22.5 Å². The van der Waals surface area contributed by atoms with Crippen LogP contribution >= 0.6 is 11.6 Å². The van der Waals surface area contributed by atoms with Crippen LogP contribution in [0.3, 0.4) is 0 Å². The lowest BCUT2D eigenvalue weighted by Gasteiger charge is -2.32. The van der Waals surface area contributed by atoms with E-state index in [9.17, 15) is 9.18 Å². The van der Waals surface area contributed by atoms with Crippen molar-refractivity contribution in [2.24, 2.45) is 7.05 Å². The average Bonchev–Trinajstić information content (AvgIpc) is 3.23. The SMILES string of the molecule is Cc1noc([C@H]2CCCN(c3cc4nc(C)n(C)c(=O)c4c(-c4ccc(Cl)cc4F)n3)C2)n1. The fraction of sp³-hybridized carbons (Fsp3) is 0.348. The molecule has 8 nitrogen and oxygen atoms in total. The number of nitrogens with zero attached hydrogens (tertiary/aromatic N) is 6. The van der Waals surface area contributed by atoms with E-state index in [0.29, 0.717) is 35.4 Å². The molecular formula is C23H22ClFN6O2. The monoisotopic (exact) mass is 468 g/mol. The topological polar surface area (TPSA) is 89.9 Å². The molecule has 33 heavy (non-hydrogen) atoms. The molecule has 1 aromatic carbocycles. The number of pyridine rings is 1. The van der Waals surface area contributed by atoms with Crippen LogP contribution in [0.1, 0.15) is 36.3 Å². The van der Waals surface area contributed by atoms with Gasteiger partial charge in [-0.15, -0.1) is 0 Å². The van der Waals surface area contributed by atoms with Crippen molar-refractivity contribution >= 4 is 28.3 Å². The normalized spacial score (nSPS) is 16.5. The maximum absolute atomic E-state index is 14.9. The van der Waals surface area contributed by atoms with Gasteiger partial charge in [0.15, 0.2) is 5.82 Å². The van der Waals surface area contributed by atoms with Gasteiger partial charge >= 0.3 is 0 Å². The third kappa shape index (κ3) is 3.86. The van der Waals surface area contributed by atoms with Crippen LogP contribution in [-0.2, 0) is 7.05 Å². The molecule has 0 aliphatic carbocycles. The molecule has 10 heteroatoms. The first-order valence-corrected chi connectivity index (χ1v) is 11.1. The molecule has 1 saturated heterocycles. The summed E-state index contributed by atoms with van der Waals surface area (Å²) in [6, 6.07) is 6.14. The summed E-state index contributed by atoms with van der Waals surface area (Å²) in [6.07, 6.45) is 1.82. The standard InChI is InChI=1S/C23H22ClFN6O2/c1-12-26-22(33-29-12)14-5-4-8-31(11-14)19-10-18-20(23(32)30(3)13(2)27-18)21(28-19)16-7-6-15(24)9-17(16)25/h6-7,9-10,14H,4-5,8,11H2,1-3H3/t14-/m0/s1. The average molecular weight is 469 g/mol. The Kier molecular flexibility index (Phi) is 5.36. The van der Waals surface area contributed by atoms with Crippen LogP contribution in [0.15, 0.2) is 33.6 Å². The zero-order valence-electron chi connectivity index (χ0n) is 18.5. The van der Waals surface area contributed by atoms with Crippen LogP contribution in [-0.4, -0.2) is 37.8 Å². The first-order chi connectivity index (χ1) is 15.8. The fourth-order valence-electron chi connectivity index (χ4n) is 4.29. The van der Waals surface area contributed by atoms with E-state index in [0.717, 1.165) is 19.4 Å². The zero-order valence-corrected chi connectivity index (χ0v) is 19.2. The van der Waals surface area contributed by atoms with Crippen LogP contribution in [0.2, 0.25) is 5.02 Å². The predicted molar refractivity (Wildman–Crippen MR) is 123 cm³/mol. The lowest BCUT2D eigenvalue weighted by Crippen LogP contribution is -2.35. The Bertz CT molecular complexity index is 1430.